The Morgan fingerprint density at radius 3 is 2.29 bits per heavy atom. The van der Waals surface area contributed by atoms with Crippen molar-refractivity contribution in [3.8, 4) is 5.75 Å². The lowest BCUT2D eigenvalue weighted by molar-refractivity contribution is -0.142. The molecule has 0 bridgehead atoms. The molecule has 0 aliphatic heterocycles. The van der Waals surface area contributed by atoms with Crippen molar-refractivity contribution in [1.29, 1.82) is 0 Å². The number of carboxylic acids is 1. The van der Waals surface area contributed by atoms with Gasteiger partial charge < -0.3 is 14.6 Å². The molecule has 0 unspecified atom stereocenters. The maximum absolute atomic E-state index is 10.2. The fourth-order valence-electron chi connectivity index (χ4n) is 1.76. The minimum atomic E-state index is -0.965. The van der Waals surface area contributed by atoms with Crippen molar-refractivity contribution in [2.75, 3.05) is 19.8 Å². The van der Waals surface area contributed by atoms with Gasteiger partial charge in [-0.2, -0.15) is 0 Å². The van der Waals surface area contributed by atoms with E-state index in [9.17, 15) is 4.79 Å². The van der Waals surface area contributed by atoms with Crippen molar-refractivity contribution in [1.82, 2.24) is 0 Å². The van der Waals surface area contributed by atoms with Gasteiger partial charge in [-0.25, -0.2) is 4.79 Å². The summed E-state index contributed by atoms with van der Waals surface area (Å²) in [4.78, 5) is 10.2. The highest BCUT2D eigenvalue weighted by Crippen LogP contribution is 2.24. The molecule has 0 aromatic heterocycles. The minimum absolute atomic E-state index is 0.277. The molecule has 1 N–H and O–H groups in total. The number of carbonyl (C=O) groups is 1. The topological polar surface area (TPSA) is 55.8 Å². The Morgan fingerprint density at radius 1 is 1.18 bits per heavy atom. The molecule has 0 saturated heterocycles. The van der Waals surface area contributed by atoms with Crippen LogP contribution in [0.4, 0.5) is 0 Å². The first-order valence-corrected chi connectivity index (χ1v) is 5.51. The highest BCUT2D eigenvalue weighted by atomic mass is 16.5. The second kappa shape index (κ2) is 6.25. The summed E-state index contributed by atoms with van der Waals surface area (Å²) in [5, 5.41) is 8.38. The molecule has 94 valence electrons. The number of rotatable bonds is 6. The van der Waals surface area contributed by atoms with Crippen LogP contribution in [-0.2, 0) is 9.53 Å². The third kappa shape index (κ3) is 4.44. The van der Waals surface area contributed by atoms with Crippen LogP contribution < -0.4 is 4.74 Å². The molecule has 4 heteroatoms. The maximum Gasteiger partial charge on any atom is 0.329 e. The van der Waals surface area contributed by atoms with Gasteiger partial charge in [0.25, 0.3) is 0 Å². The summed E-state index contributed by atoms with van der Waals surface area (Å²) in [6, 6.07) is 4.11. The average Bonchev–Trinajstić information content (AvgIpc) is 2.20. The van der Waals surface area contributed by atoms with Gasteiger partial charge in [0, 0.05) is 0 Å². The van der Waals surface area contributed by atoms with Crippen LogP contribution in [0.2, 0.25) is 0 Å². The second-order valence-electron chi connectivity index (χ2n) is 4.02. The Balaban J connectivity index is 2.44. The van der Waals surface area contributed by atoms with E-state index in [2.05, 4.69) is 12.1 Å². The van der Waals surface area contributed by atoms with Gasteiger partial charge in [-0.15, -0.1) is 0 Å². The van der Waals surface area contributed by atoms with Crippen molar-refractivity contribution in [2.24, 2.45) is 0 Å². The van der Waals surface area contributed by atoms with Gasteiger partial charge in [0.2, 0.25) is 0 Å². The normalized spacial score (nSPS) is 10.3. The standard InChI is InChI=1S/C13H18O4/c1-9-6-10(2)13(11(3)7-9)17-5-4-16-8-12(14)15/h6-7H,4-5,8H2,1-3H3,(H,14,15). The Bertz CT molecular complexity index is 375. The first kappa shape index (κ1) is 13.5. The van der Waals surface area contributed by atoms with Crippen molar-refractivity contribution in [2.45, 2.75) is 20.8 Å². The summed E-state index contributed by atoms with van der Waals surface area (Å²) in [5.41, 5.74) is 3.37. The summed E-state index contributed by atoms with van der Waals surface area (Å²) in [7, 11) is 0. The minimum Gasteiger partial charge on any atom is -0.491 e. The highest BCUT2D eigenvalue weighted by molar-refractivity contribution is 5.67. The molecule has 1 aromatic carbocycles. The highest BCUT2D eigenvalue weighted by Gasteiger charge is 2.05. The average molecular weight is 238 g/mol. The summed E-state index contributed by atoms with van der Waals surface area (Å²) in [5.74, 6) is -0.109. The summed E-state index contributed by atoms with van der Waals surface area (Å²) in [6.45, 7) is 6.38. The Hall–Kier alpha value is -1.55. The summed E-state index contributed by atoms with van der Waals surface area (Å²) in [6.07, 6.45) is 0. The SMILES string of the molecule is Cc1cc(C)c(OCCOCC(=O)O)c(C)c1. The van der Waals surface area contributed by atoms with Crippen LogP contribution in [0.3, 0.4) is 0 Å². The fraction of sp³-hybridized carbons (Fsp3) is 0.462. The number of ether oxygens (including phenoxy) is 2. The summed E-state index contributed by atoms with van der Waals surface area (Å²) < 4.78 is 10.5. The van der Waals surface area contributed by atoms with E-state index in [0.717, 1.165) is 16.9 Å². The molecule has 0 aliphatic rings. The van der Waals surface area contributed by atoms with E-state index in [1.807, 2.05) is 20.8 Å². The molecule has 0 spiro atoms. The van der Waals surface area contributed by atoms with E-state index in [4.69, 9.17) is 14.6 Å². The van der Waals surface area contributed by atoms with E-state index in [1.165, 1.54) is 5.56 Å². The first-order valence-electron chi connectivity index (χ1n) is 5.51. The molecular weight excluding hydrogens is 220 g/mol. The Kier molecular flexibility index (Phi) is 4.97. The largest absolute Gasteiger partial charge is 0.491 e. The lowest BCUT2D eigenvalue weighted by Crippen LogP contribution is -2.13. The Morgan fingerprint density at radius 2 is 1.76 bits per heavy atom. The van der Waals surface area contributed by atoms with Gasteiger partial charge in [0.15, 0.2) is 0 Å². The van der Waals surface area contributed by atoms with E-state index < -0.39 is 5.97 Å². The molecular formula is C13H18O4. The number of hydrogen-bond acceptors (Lipinski definition) is 3. The molecule has 0 heterocycles. The molecule has 0 radical (unpaired) electrons. The lowest BCUT2D eigenvalue weighted by atomic mass is 10.1. The van der Waals surface area contributed by atoms with E-state index in [0.29, 0.717) is 6.61 Å². The second-order valence-corrected chi connectivity index (χ2v) is 4.02. The van der Waals surface area contributed by atoms with Crippen molar-refractivity contribution in [3.63, 3.8) is 0 Å². The molecule has 0 atom stereocenters. The first-order chi connectivity index (χ1) is 8.00. The van der Waals surface area contributed by atoms with Gasteiger partial charge >= 0.3 is 5.97 Å². The molecule has 1 rings (SSSR count). The molecule has 0 amide bonds. The molecule has 1 aromatic rings. The van der Waals surface area contributed by atoms with Crippen LogP contribution in [0.1, 0.15) is 16.7 Å². The van der Waals surface area contributed by atoms with Crippen molar-refractivity contribution < 1.29 is 19.4 Å². The molecule has 4 nitrogen and oxygen atoms in total. The summed E-state index contributed by atoms with van der Waals surface area (Å²) >= 11 is 0. The van der Waals surface area contributed by atoms with E-state index in [-0.39, 0.29) is 13.2 Å². The number of benzene rings is 1. The predicted molar refractivity (Wildman–Crippen MR) is 64.6 cm³/mol. The van der Waals surface area contributed by atoms with Crippen molar-refractivity contribution >= 4 is 5.97 Å². The van der Waals surface area contributed by atoms with Crippen LogP contribution in [0.25, 0.3) is 0 Å². The maximum atomic E-state index is 10.2. The van der Waals surface area contributed by atoms with Gasteiger partial charge in [-0.3, -0.25) is 0 Å². The molecule has 0 aliphatic carbocycles. The third-order valence-corrected chi connectivity index (χ3v) is 2.30. The quantitative estimate of drug-likeness (QED) is 0.771. The van der Waals surface area contributed by atoms with E-state index in [1.54, 1.807) is 0 Å². The molecule has 17 heavy (non-hydrogen) atoms. The smallest absolute Gasteiger partial charge is 0.329 e. The number of carboxylic acid groups (broad SMARTS) is 1. The van der Waals surface area contributed by atoms with Gasteiger partial charge in [0.05, 0.1) is 6.61 Å². The van der Waals surface area contributed by atoms with Crippen LogP contribution in [-0.4, -0.2) is 30.9 Å². The van der Waals surface area contributed by atoms with Crippen LogP contribution >= 0.6 is 0 Å². The third-order valence-electron chi connectivity index (χ3n) is 2.30. The van der Waals surface area contributed by atoms with Gasteiger partial charge in [-0.05, 0) is 31.9 Å². The zero-order chi connectivity index (χ0) is 12.8. The van der Waals surface area contributed by atoms with Crippen LogP contribution in [0.15, 0.2) is 12.1 Å². The number of aryl methyl sites for hydroxylation is 3. The van der Waals surface area contributed by atoms with Crippen LogP contribution in [0, 0.1) is 20.8 Å². The lowest BCUT2D eigenvalue weighted by Gasteiger charge is -2.12. The van der Waals surface area contributed by atoms with Gasteiger partial charge in [0.1, 0.15) is 19.0 Å². The number of hydrogen-bond donors (Lipinski definition) is 1. The van der Waals surface area contributed by atoms with Crippen LogP contribution in [0.5, 0.6) is 5.75 Å². The molecule has 0 saturated carbocycles. The zero-order valence-electron chi connectivity index (χ0n) is 10.4. The monoisotopic (exact) mass is 238 g/mol. The van der Waals surface area contributed by atoms with E-state index >= 15 is 0 Å². The fourth-order valence-corrected chi connectivity index (χ4v) is 1.76. The van der Waals surface area contributed by atoms with Crippen molar-refractivity contribution in [3.05, 3.63) is 28.8 Å². The zero-order valence-corrected chi connectivity index (χ0v) is 10.4. The molecule has 0 fully saturated rings. The predicted octanol–water partition coefficient (Wildman–Crippen LogP) is 2.09. The number of aliphatic carboxylic acids is 1. The Labute approximate surface area is 101 Å². The van der Waals surface area contributed by atoms with Gasteiger partial charge in [-0.1, -0.05) is 17.7 Å².